The van der Waals surface area contributed by atoms with Crippen molar-refractivity contribution >= 4 is 22.1 Å². The lowest BCUT2D eigenvalue weighted by Crippen LogP contribution is -2.15. The van der Waals surface area contributed by atoms with Crippen molar-refractivity contribution in [2.45, 2.75) is 13.1 Å². The standard InChI is InChI=1S/C17H15N3/c18-16-5-6-17(14-7-8-19-9-15(14)16)20-10-12-3-1-2-4-13(12)11-20/h1-9H,10-11,18H2. The van der Waals surface area contributed by atoms with Crippen molar-refractivity contribution in [2.24, 2.45) is 0 Å². The molecule has 0 spiro atoms. The van der Waals surface area contributed by atoms with E-state index >= 15 is 0 Å². The van der Waals surface area contributed by atoms with Gasteiger partial charge in [-0.2, -0.15) is 0 Å². The first-order valence-electron chi connectivity index (χ1n) is 6.77. The van der Waals surface area contributed by atoms with Gasteiger partial charge in [-0.1, -0.05) is 24.3 Å². The third-order valence-electron chi connectivity index (χ3n) is 4.01. The molecule has 20 heavy (non-hydrogen) atoms. The van der Waals surface area contributed by atoms with Crippen LogP contribution in [-0.4, -0.2) is 4.98 Å². The van der Waals surface area contributed by atoms with Gasteiger partial charge in [0.1, 0.15) is 0 Å². The average molecular weight is 261 g/mol. The largest absolute Gasteiger partial charge is 0.398 e. The summed E-state index contributed by atoms with van der Waals surface area (Å²) >= 11 is 0. The Morgan fingerprint density at radius 2 is 1.65 bits per heavy atom. The van der Waals surface area contributed by atoms with E-state index in [9.17, 15) is 0 Å². The topological polar surface area (TPSA) is 42.1 Å². The van der Waals surface area contributed by atoms with Gasteiger partial charge in [0.05, 0.1) is 0 Å². The quantitative estimate of drug-likeness (QED) is 0.683. The third-order valence-corrected chi connectivity index (χ3v) is 4.01. The molecule has 2 aromatic carbocycles. The minimum Gasteiger partial charge on any atom is -0.398 e. The van der Waals surface area contributed by atoms with Crippen LogP contribution >= 0.6 is 0 Å². The van der Waals surface area contributed by atoms with Crippen molar-refractivity contribution in [3.05, 3.63) is 66.0 Å². The predicted octanol–water partition coefficient (Wildman–Crippen LogP) is 3.34. The number of benzene rings is 2. The second kappa shape index (κ2) is 4.23. The fourth-order valence-corrected chi connectivity index (χ4v) is 2.98. The molecule has 1 aliphatic rings. The molecule has 2 N–H and O–H groups in total. The van der Waals surface area contributed by atoms with Crippen LogP contribution in [0, 0.1) is 0 Å². The zero-order chi connectivity index (χ0) is 13.5. The number of nitrogens with two attached hydrogens (primary N) is 1. The molecule has 0 amide bonds. The van der Waals surface area contributed by atoms with Crippen molar-refractivity contribution in [1.82, 2.24) is 4.98 Å². The van der Waals surface area contributed by atoms with E-state index in [1.807, 2.05) is 24.5 Å². The summed E-state index contributed by atoms with van der Waals surface area (Å²) in [6.07, 6.45) is 3.67. The van der Waals surface area contributed by atoms with E-state index in [2.05, 4.69) is 40.2 Å². The van der Waals surface area contributed by atoms with E-state index in [0.717, 1.165) is 24.2 Å². The first kappa shape index (κ1) is 11.3. The number of fused-ring (bicyclic) bond motifs is 2. The zero-order valence-electron chi connectivity index (χ0n) is 11.1. The Morgan fingerprint density at radius 3 is 2.40 bits per heavy atom. The number of hydrogen-bond acceptors (Lipinski definition) is 3. The summed E-state index contributed by atoms with van der Waals surface area (Å²) in [6.45, 7) is 1.91. The van der Waals surface area contributed by atoms with Gasteiger partial charge in [0, 0.05) is 47.6 Å². The van der Waals surface area contributed by atoms with Crippen molar-refractivity contribution in [3.63, 3.8) is 0 Å². The summed E-state index contributed by atoms with van der Waals surface area (Å²) < 4.78 is 0. The number of aromatic nitrogens is 1. The lowest BCUT2D eigenvalue weighted by molar-refractivity contribution is 0.885. The van der Waals surface area contributed by atoms with Crippen molar-refractivity contribution in [3.8, 4) is 0 Å². The van der Waals surface area contributed by atoms with E-state index in [-0.39, 0.29) is 0 Å². The van der Waals surface area contributed by atoms with E-state index < -0.39 is 0 Å². The van der Waals surface area contributed by atoms with Crippen LogP contribution in [0.5, 0.6) is 0 Å². The summed E-state index contributed by atoms with van der Waals surface area (Å²) in [4.78, 5) is 6.58. The van der Waals surface area contributed by atoms with E-state index in [1.165, 1.54) is 22.2 Å². The molecule has 0 saturated carbocycles. The van der Waals surface area contributed by atoms with Crippen LogP contribution in [0.2, 0.25) is 0 Å². The molecule has 4 rings (SSSR count). The van der Waals surface area contributed by atoms with E-state index in [0.29, 0.717) is 0 Å². The van der Waals surface area contributed by atoms with Crippen LogP contribution in [0.25, 0.3) is 10.8 Å². The highest BCUT2D eigenvalue weighted by atomic mass is 15.1. The summed E-state index contributed by atoms with van der Waals surface area (Å²) in [5, 5.41) is 2.20. The maximum atomic E-state index is 6.05. The van der Waals surface area contributed by atoms with Gasteiger partial charge in [-0.25, -0.2) is 0 Å². The van der Waals surface area contributed by atoms with Crippen molar-refractivity contribution in [2.75, 3.05) is 10.6 Å². The van der Waals surface area contributed by atoms with Gasteiger partial charge in [-0.05, 0) is 29.3 Å². The first-order chi connectivity index (χ1) is 9.83. The Balaban J connectivity index is 1.83. The number of hydrogen-bond donors (Lipinski definition) is 1. The maximum absolute atomic E-state index is 6.05. The fraction of sp³-hybridized carbons (Fsp3) is 0.118. The molecule has 0 aliphatic carbocycles. The number of nitrogens with zero attached hydrogens (tertiary/aromatic N) is 2. The highest BCUT2D eigenvalue weighted by Gasteiger charge is 2.20. The molecule has 0 fully saturated rings. The van der Waals surface area contributed by atoms with Gasteiger partial charge < -0.3 is 10.6 Å². The molecule has 0 atom stereocenters. The molecule has 0 bridgehead atoms. The molecule has 0 saturated heterocycles. The van der Waals surface area contributed by atoms with Crippen LogP contribution in [0.1, 0.15) is 11.1 Å². The van der Waals surface area contributed by atoms with E-state index in [1.54, 1.807) is 0 Å². The Bertz CT molecular complexity index is 770. The number of pyridine rings is 1. The van der Waals surface area contributed by atoms with Crippen molar-refractivity contribution in [1.29, 1.82) is 0 Å². The summed E-state index contributed by atoms with van der Waals surface area (Å²) in [6, 6.07) is 14.8. The molecule has 2 heterocycles. The molecule has 3 aromatic rings. The van der Waals surface area contributed by atoms with Crippen molar-refractivity contribution < 1.29 is 0 Å². The molecule has 3 heteroatoms. The highest BCUT2D eigenvalue weighted by molar-refractivity contribution is 6.00. The molecule has 1 aliphatic heterocycles. The SMILES string of the molecule is Nc1ccc(N2Cc3ccccc3C2)c2ccncc12. The molecular weight excluding hydrogens is 246 g/mol. The third kappa shape index (κ3) is 1.63. The Morgan fingerprint density at radius 1 is 0.900 bits per heavy atom. The molecular formula is C17H15N3. The minimum atomic E-state index is 0.786. The zero-order valence-corrected chi connectivity index (χ0v) is 11.1. The second-order valence-electron chi connectivity index (χ2n) is 5.22. The second-order valence-corrected chi connectivity index (χ2v) is 5.22. The molecule has 1 aromatic heterocycles. The molecule has 3 nitrogen and oxygen atoms in total. The normalized spacial score (nSPS) is 13.7. The van der Waals surface area contributed by atoms with Crippen LogP contribution in [0.3, 0.4) is 0 Å². The summed E-state index contributed by atoms with van der Waals surface area (Å²) in [7, 11) is 0. The van der Waals surface area contributed by atoms with Crippen LogP contribution < -0.4 is 10.6 Å². The highest BCUT2D eigenvalue weighted by Crippen LogP contribution is 2.35. The summed E-state index contributed by atoms with van der Waals surface area (Å²) in [5.74, 6) is 0. The number of nitrogen functional groups attached to an aromatic ring is 1. The Labute approximate surface area is 117 Å². The number of rotatable bonds is 1. The van der Waals surface area contributed by atoms with Crippen LogP contribution in [0.4, 0.5) is 11.4 Å². The predicted molar refractivity (Wildman–Crippen MR) is 82.5 cm³/mol. The van der Waals surface area contributed by atoms with Gasteiger partial charge >= 0.3 is 0 Å². The maximum Gasteiger partial charge on any atom is 0.0454 e. The van der Waals surface area contributed by atoms with Gasteiger partial charge in [0.25, 0.3) is 0 Å². The van der Waals surface area contributed by atoms with E-state index in [4.69, 9.17) is 5.73 Å². The molecule has 0 unspecified atom stereocenters. The van der Waals surface area contributed by atoms with Crippen LogP contribution in [-0.2, 0) is 13.1 Å². The lowest BCUT2D eigenvalue weighted by atomic mass is 10.1. The Kier molecular flexibility index (Phi) is 2.39. The lowest BCUT2D eigenvalue weighted by Gasteiger charge is -2.20. The summed E-state index contributed by atoms with van der Waals surface area (Å²) in [5.41, 5.74) is 10.9. The van der Waals surface area contributed by atoms with Crippen LogP contribution in [0.15, 0.2) is 54.9 Å². The molecule has 98 valence electrons. The van der Waals surface area contributed by atoms with Gasteiger partial charge in [-0.3, -0.25) is 4.98 Å². The first-order valence-corrected chi connectivity index (χ1v) is 6.77. The fourth-order valence-electron chi connectivity index (χ4n) is 2.98. The molecule has 0 radical (unpaired) electrons. The number of anilines is 2. The van der Waals surface area contributed by atoms with Gasteiger partial charge in [0.15, 0.2) is 0 Å². The monoisotopic (exact) mass is 261 g/mol. The minimum absolute atomic E-state index is 0.786. The Hall–Kier alpha value is -2.55. The van der Waals surface area contributed by atoms with Gasteiger partial charge in [-0.15, -0.1) is 0 Å². The smallest absolute Gasteiger partial charge is 0.0454 e. The van der Waals surface area contributed by atoms with Gasteiger partial charge in [0.2, 0.25) is 0 Å². The average Bonchev–Trinajstić information content (AvgIpc) is 2.91.